The lowest BCUT2D eigenvalue weighted by atomic mass is 9.86. The van der Waals surface area contributed by atoms with Crippen LogP contribution in [-0.2, 0) is 5.41 Å². The van der Waals surface area contributed by atoms with Crippen LogP contribution in [0.1, 0.15) is 19.4 Å². The van der Waals surface area contributed by atoms with Gasteiger partial charge in [0.15, 0.2) is 0 Å². The van der Waals surface area contributed by atoms with Crippen molar-refractivity contribution < 1.29 is 4.39 Å². The molecule has 2 nitrogen and oxygen atoms in total. The summed E-state index contributed by atoms with van der Waals surface area (Å²) >= 11 is 5.71. The molecule has 0 saturated heterocycles. The molecule has 1 heterocycles. The SMILES string of the molecule is CC(C)(CN)c1cc(Cl)cnc1F. The first-order valence-corrected chi connectivity index (χ1v) is 4.37. The quantitative estimate of drug-likeness (QED) is 0.747. The number of nitrogens with zero attached hydrogens (tertiary/aromatic N) is 1. The zero-order valence-electron chi connectivity index (χ0n) is 7.64. The van der Waals surface area contributed by atoms with E-state index in [-0.39, 0.29) is 0 Å². The van der Waals surface area contributed by atoms with Gasteiger partial charge in [-0.25, -0.2) is 4.98 Å². The van der Waals surface area contributed by atoms with Crippen LogP contribution in [0.3, 0.4) is 0 Å². The molecule has 2 N–H and O–H groups in total. The van der Waals surface area contributed by atoms with E-state index >= 15 is 0 Å². The van der Waals surface area contributed by atoms with Crippen molar-refractivity contribution in [2.24, 2.45) is 5.73 Å². The van der Waals surface area contributed by atoms with Gasteiger partial charge in [0.05, 0.1) is 5.02 Å². The molecule has 0 aliphatic carbocycles. The third-order valence-corrected chi connectivity index (χ3v) is 2.25. The molecule has 13 heavy (non-hydrogen) atoms. The second-order valence-corrected chi connectivity index (χ2v) is 4.02. The maximum atomic E-state index is 13.2. The number of halogens is 2. The van der Waals surface area contributed by atoms with Crippen molar-refractivity contribution in [3.8, 4) is 0 Å². The van der Waals surface area contributed by atoms with Gasteiger partial charge in [0.2, 0.25) is 5.95 Å². The fourth-order valence-corrected chi connectivity index (χ4v) is 1.17. The van der Waals surface area contributed by atoms with Crippen LogP contribution in [0.5, 0.6) is 0 Å². The van der Waals surface area contributed by atoms with E-state index in [1.54, 1.807) is 6.07 Å². The lowest BCUT2D eigenvalue weighted by molar-refractivity contribution is 0.475. The fraction of sp³-hybridized carbons (Fsp3) is 0.444. The number of hydrogen-bond acceptors (Lipinski definition) is 2. The maximum Gasteiger partial charge on any atom is 0.216 e. The number of rotatable bonds is 2. The van der Waals surface area contributed by atoms with Crippen LogP contribution in [0.4, 0.5) is 4.39 Å². The van der Waals surface area contributed by atoms with Gasteiger partial charge >= 0.3 is 0 Å². The summed E-state index contributed by atoms with van der Waals surface area (Å²) < 4.78 is 13.2. The summed E-state index contributed by atoms with van der Waals surface area (Å²) in [7, 11) is 0. The van der Waals surface area contributed by atoms with Crippen molar-refractivity contribution in [3.63, 3.8) is 0 Å². The summed E-state index contributed by atoms with van der Waals surface area (Å²) in [5.74, 6) is -0.500. The first-order valence-electron chi connectivity index (χ1n) is 3.99. The van der Waals surface area contributed by atoms with Crippen LogP contribution < -0.4 is 5.73 Å². The van der Waals surface area contributed by atoms with Crippen LogP contribution in [0.15, 0.2) is 12.3 Å². The molecule has 0 aliphatic heterocycles. The minimum atomic E-state index is -0.500. The molecule has 4 heteroatoms. The molecule has 72 valence electrons. The summed E-state index contributed by atoms with van der Waals surface area (Å²) in [5.41, 5.74) is 5.55. The van der Waals surface area contributed by atoms with E-state index in [0.717, 1.165) is 0 Å². The maximum absolute atomic E-state index is 13.2. The molecular weight excluding hydrogens is 191 g/mol. The molecule has 0 aliphatic rings. The highest BCUT2D eigenvalue weighted by Crippen LogP contribution is 2.25. The Kier molecular flexibility index (Phi) is 2.88. The average Bonchev–Trinajstić information content (AvgIpc) is 2.09. The summed E-state index contributed by atoms with van der Waals surface area (Å²) in [6.45, 7) is 4.05. The number of nitrogens with two attached hydrogens (primary N) is 1. The average molecular weight is 203 g/mol. The van der Waals surface area contributed by atoms with Gasteiger partial charge in [-0.05, 0) is 6.07 Å². The van der Waals surface area contributed by atoms with Crippen molar-refractivity contribution in [3.05, 3.63) is 28.8 Å². The minimum Gasteiger partial charge on any atom is -0.330 e. The van der Waals surface area contributed by atoms with E-state index in [1.165, 1.54) is 6.20 Å². The molecule has 0 radical (unpaired) electrons. The Balaban J connectivity index is 3.20. The van der Waals surface area contributed by atoms with E-state index < -0.39 is 11.4 Å². The lowest BCUT2D eigenvalue weighted by Crippen LogP contribution is -2.29. The van der Waals surface area contributed by atoms with Gasteiger partial charge in [-0.3, -0.25) is 0 Å². The van der Waals surface area contributed by atoms with E-state index in [2.05, 4.69) is 4.98 Å². The van der Waals surface area contributed by atoms with E-state index in [9.17, 15) is 4.39 Å². The first-order chi connectivity index (χ1) is 5.97. The monoisotopic (exact) mass is 202 g/mol. The van der Waals surface area contributed by atoms with Crippen molar-refractivity contribution in [2.45, 2.75) is 19.3 Å². The summed E-state index contributed by atoms with van der Waals surface area (Å²) in [6.07, 6.45) is 1.28. The van der Waals surface area contributed by atoms with Crippen molar-refractivity contribution in [1.29, 1.82) is 0 Å². The first kappa shape index (κ1) is 10.4. The molecule has 0 spiro atoms. The predicted molar refractivity (Wildman–Crippen MR) is 51.3 cm³/mol. The van der Waals surface area contributed by atoms with Crippen LogP contribution in [0.2, 0.25) is 5.02 Å². The third-order valence-electron chi connectivity index (χ3n) is 2.05. The zero-order valence-corrected chi connectivity index (χ0v) is 8.40. The van der Waals surface area contributed by atoms with Crippen LogP contribution in [0.25, 0.3) is 0 Å². The number of pyridine rings is 1. The molecule has 1 rings (SSSR count). The summed E-state index contributed by atoms with van der Waals surface area (Å²) in [5, 5.41) is 0.429. The second kappa shape index (κ2) is 3.60. The molecule has 0 saturated carbocycles. The predicted octanol–water partition coefficient (Wildman–Crippen LogP) is 2.11. The Labute approximate surface area is 81.9 Å². The van der Waals surface area contributed by atoms with Crippen LogP contribution in [-0.4, -0.2) is 11.5 Å². The highest BCUT2D eigenvalue weighted by Gasteiger charge is 2.23. The van der Waals surface area contributed by atoms with Crippen molar-refractivity contribution in [1.82, 2.24) is 4.98 Å². The summed E-state index contributed by atoms with van der Waals surface area (Å²) in [4.78, 5) is 3.54. The van der Waals surface area contributed by atoms with Gasteiger partial charge in [0.1, 0.15) is 0 Å². The molecule has 0 amide bonds. The molecule has 0 fully saturated rings. The topological polar surface area (TPSA) is 38.9 Å². The Bertz CT molecular complexity index is 312. The molecular formula is C9H12ClFN2. The van der Waals surface area contributed by atoms with Gasteiger partial charge in [0, 0.05) is 23.7 Å². The second-order valence-electron chi connectivity index (χ2n) is 3.58. The molecule has 0 unspecified atom stereocenters. The molecule has 0 atom stereocenters. The standard InChI is InChI=1S/C9H12ClFN2/c1-9(2,5-12)7-3-6(10)4-13-8(7)11/h3-4H,5,12H2,1-2H3. The largest absolute Gasteiger partial charge is 0.330 e. The van der Waals surface area contributed by atoms with E-state index in [4.69, 9.17) is 17.3 Å². The van der Waals surface area contributed by atoms with Gasteiger partial charge < -0.3 is 5.73 Å². The summed E-state index contributed by atoms with van der Waals surface area (Å²) in [6, 6.07) is 1.57. The minimum absolute atomic E-state index is 0.353. The Morgan fingerprint density at radius 3 is 2.77 bits per heavy atom. The fourth-order valence-electron chi connectivity index (χ4n) is 1.01. The number of aromatic nitrogens is 1. The third kappa shape index (κ3) is 2.17. The van der Waals surface area contributed by atoms with Crippen LogP contribution >= 0.6 is 11.6 Å². The van der Waals surface area contributed by atoms with Gasteiger partial charge in [-0.1, -0.05) is 25.4 Å². The normalized spacial score (nSPS) is 11.8. The van der Waals surface area contributed by atoms with Gasteiger partial charge in [-0.2, -0.15) is 4.39 Å². The van der Waals surface area contributed by atoms with Crippen molar-refractivity contribution >= 4 is 11.6 Å². The Morgan fingerprint density at radius 2 is 2.23 bits per heavy atom. The molecule has 1 aromatic rings. The van der Waals surface area contributed by atoms with E-state index in [0.29, 0.717) is 17.1 Å². The Hall–Kier alpha value is -0.670. The highest BCUT2D eigenvalue weighted by atomic mass is 35.5. The number of hydrogen-bond donors (Lipinski definition) is 1. The molecule has 0 bridgehead atoms. The molecule has 0 aromatic carbocycles. The van der Waals surface area contributed by atoms with Gasteiger partial charge in [0.25, 0.3) is 0 Å². The van der Waals surface area contributed by atoms with Gasteiger partial charge in [-0.15, -0.1) is 0 Å². The highest BCUT2D eigenvalue weighted by molar-refractivity contribution is 6.30. The van der Waals surface area contributed by atoms with Crippen molar-refractivity contribution in [2.75, 3.05) is 6.54 Å². The van der Waals surface area contributed by atoms with E-state index in [1.807, 2.05) is 13.8 Å². The lowest BCUT2D eigenvalue weighted by Gasteiger charge is -2.22. The molecule has 1 aromatic heterocycles. The smallest absolute Gasteiger partial charge is 0.216 e. The zero-order chi connectivity index (χ0) is 10.1. The Morgan fingerprint density at radius 1 is 1.62 bits per heavy atom. The van der Waals surface area contributed by atoms with Crippen LogP contribution in [0, 0.1) is 5.95 Å².